The van der Waals surface area contributed by atoms with E-state index in [1.807, 2.05) is 24.3 Å². The number of hydrogen-bond acceptors (Lipinski definition) is 11. The van der Waals surface area contributed by atoms with Crippen LogP contribution < -0.4 is 30.6 Å². The van der Waals surface area contributed by atoms with Gasteiger partial charge in [0, 0.05) is 86.7 Å². The van der Waals surface area contributed by atoms with E-state index in [0.29, 0.717) is 42.8 Å². The van der Waals surface area contributed by atoms with Crippen LogP contribution in [-0.2, 0) is 28.0 Å². The van der Waals surface area contributed by atoms with Crippen molar-refractivity contribution in [3.63, 3.8) is 0 Å². The Kier molecular flexibility index (Phi) is 14.3. The number of piperazine rings is 1. The number of pyridine rings is 1. The molecule has 0 radical (unpaired) electrons. The number of nitrogens with zero attached hydrogens (tertiary/aromatic N) is 4. The minimum Gasteiger partial charge on any atom is -0.496 e. The Hall–Kier alpha value is -5.01. The quantitative estimate of drug-likeness (QED) is 0.0757. The number of anilines is 2. The lowest BCUT2D eigenvalue weighted by molar-refractivity contribution is -0.130. The van der Waals surface area contributed by atoms with Gasteiger partial charge in [-0.3, -0.25) is 29.2 Å². The molecular formula is C43H57N7O6. The third-order valence-electron chi connectivity index (χ3n) is 11.2. The first-order chi connectivity index (χ1) is 27.2. The maximum absolute atomic E-state index is 12.7. The molecule has 1 saturated heterocycles. The lowest BCUT2D eigenvalue weighted by atomic mass is 9.93. The molecule has 2 aliphatic rings. The third kappa shape index (κ3) is 10.4. The van der Waals surface area contributed by atoms with E-state index in [1.54, 1.807) is 33.7 Å². The topological polar surface area (TPSA) is 151 Å². The fourth-order valence-electron chi connectivity index (χ4n) is 7.88. The number of methoxy groups -OCH3 is 2. The molecule has 0 amide bonds. The molecule has 3 heterocycles. The minimum atomic E-state index is -0.259. The molecule has 3 N–H and O–H groups in total. The Bertz CT molecular complexity index is 1990. The maximum Gasteiger partial charge on any atom is 0.276 e. The predicted octanol–water partition coefficient (Wildman–Crippen LogP) is 5.65. The summed E-state index contributed by atoms with van der Waals surface area (Å²) in [5, 5.41) is 14.2. The summed E-state index contributed by atoms with van der Waals surface area (Å²) in [6.07, 6.45) is 13.2. The number of unbranched alkanes of at least 4 members (excludes halogenated alkanes) is 6. The molecule has 1 atom stereocenters. The second kappa shape index (κ2) is 19.7. The number of aromatic nitrogens is 3. The van der Waals surface area contributed by atoms with Gasteiger partial charge in [0.05, 0.1) is 39.4 Å². The number of fused-ring (bicyclic) bond motifs is 1. The number of carbonyl (C=O) groups excluding carboxylic acids is 3. The summed E-state index contributed by atoms with van der Waals surface area (Å²) in [6, 6.07) is 11.9. The first kappa shape index (κ1) is 40.6. The molecule has 2 aromatic heterocycles. The van der Waals surface area contributed by atoms with Crippen molar-refractivity contribution in [3.05, 3.63) is 64.7 Å². The molecule has 0 bridgehead atoms. The summed E-state index contributed by atoms with van der Waals surface area (Å²) in [6.45, 7) is 6.00. The Balaban J connectivity index is 0.813. The zero-order valence-corrected chi connectivity index (χ0v) is 33.2. The van der Waals surface area contributed by atoms with Crippen LogP contribution in [0.2, 0.25) is 0 Å². The van der Waals surface area contributed by atoms with E-state index in [0.717, 1.165) is 79.8 Å². The van der Waals surface area contributed by atoms with Crippen molar-refractivity contribution < 1.29 is 23.9 Å². The van der Waals surface area contributed by atoms with Crippen molar-refractivity contribution in [2.75, 3.05) is 63.7 Å². The van der Waals surface area contributed by atoms with E-state index in [4.69, 9.17) is 9.47 Å². The van der Waals surface area contributed by atoms with Crippen molar-refractivity contribution >= 4 is 39.6 Å². The molecule has 2 aromatic carbocycles. The molecule has 1 unspecified atom stereocenters. The molecule has 6 rings (SSSR count). The molecule has 1 aliphatic carbocycles. The highest BCUT2D eigenvalue weighted by Crippen LogP contribution is 2.37. The highest BCUT2D eigenvalue weighted by molar-refractivity contribution is 6.05. The number of benzene rings is 2. The van der Waals surface area contributed by atoms with Crippen LogP contribution in [-0.4, -0.2) is 96.5 Å². The molecule has 13 heteroatoms. The van der Waals surface area contributed by atoms with Crippen LogP contribution in [0.15, 0.2) is 53.6 Å². The Labute approximate surface area is 329 Å². The highest BCUT2D eigenvalue weighted by Gasteiger charge is 2.27. The molecule has 0 spiro atoms. The van der Waals surface area contributed by atoms with Gasteiger partial charge in [0.2, 0.25) is 0 Å². The highest BCUT2D eigenvalue weighted by atomic mass is 16.5. The van der Waals surface area contributed by atoms with Crippen LogP contribution in [0.3, 0.4) is 0 Å². The normalized spacial score (nSPS) is 16.4. The Morgan fingerprint density at radius 1 is 0.911 bits per heavy atom. The summed E-state index contributed by atoms with van der Waals surface area (Å²) < 4.78 is 13.0. The first-order valence-corrected chi connectivity index (χ1v) is 20.1. The molecular weight excluding hydrogens is 711 g/mol. The van der Waals surface area contributed by atoms with Crippen LogP contribution in [0, 0.1) is 0 Å². The molecule has 300 valence electrons. The van der Waals surface area contributed by atoms with Crippen molar-refractivity contribution in [2.24, 2.45) is 7.05 Å². The van der Waals surface area contributed by atoms with Crippen molar-refractivity contribution in [2.45, 2.75) is 83.2 Å². The van der Waals surface area contributed by atoms with Gasteiger partial charge in [-0.25, -0.2) is 0 Å². The first-order valence-electron chi connectivity index (χ1n) is 20.1. The van der Waals surface area contributed by atoms with Gasteiger partial charge >= 0.3 is 0 Å². The maximum atomic E-state index is 12.7. The van der Waals surface area contributed by atoms with Crippen molar-refractivity contribution in [1.82, 2.24) is 25.0 Å². The number of Topliss-reactive ketones (excluding diaryl/α,β-unsaturated/α-hetero) is 3. The van der Waals surface area contributed by atoms with E-state index in [1.165, 1.54) is 35.9 Å². The number of nitrogens with one attached hydrogen (secondary N) is 3. The van der Waals surface area contributed by atoms with Gasteiger partial charge in [-0.05, 0) is 67.8 Å². The summed E-state index contributed by atoms with van der Waals surface area (Å²) >= 11 is 0. The zero-order valence-electron chi connectivity index (χ0n) is 33.2. The predicted molar refractivity (Wildman–Crippen MR) is 220 cm³/mol. The number of ether oxygens (including phenoxy) is 2. The SMILES string of the molecule is COc1cc(-c2cn(C)c(=O)c3[nH]ncc23)cc(OC)c1CNCC(=O)CCCCCCCCCN1CCN(c2ccc(NC3CCC(=O)CC3=O)cc2)CC1. The largest absolute Gasteiger partial charge is 0.496 e. The number of ketones is 3. The smallest absolute Gasteiger partial charge is 0.276 e. The molecule has 56 heavy (non-hydrogen) atoms. The van der Waals surface area contributed by atoms with Gasteiger partial charge < -0.3 is 29.6 Å². The fourth-order valence-corrected chi connectivity index (χ4v) is 7.88. The zero-order chi connectivity index (χ0) is 39.4. The molecule has 13 nitrogen and oxygen atoms in total. The summed E-state index contributed by atoms with van der Waals surface area (Å²) in [7, 11) is 4.94. The van der Waals surface area contributed by atoms with E-state index in [2.05, 4.69) is 42.8 Å². The Morgan fingerprint density at radius 2 is 1.59 bits per heavy atom. The van der Waals surface area contributed by atoms with Gasteiger partial charge in [0.15, 0.2) is 5.78 Å². The summed E-state index contributed by atoms with van der Waals surface area (Å²) in [4.78, 5) is 53.9. The minimum absolute atomic E-state index is 0.00516. The lowest BCUT2D eigenvalue weighted by Gasteiger charge is -2.36. The van der Waals surface area contributed by atoms with Gasteiger partial charge in [-0.1, -0.05) is 32.1 Å². The molecule has 1 saturated carbocycles. The van der Waals surface area contributed by atoms with Gasteiger partial charge in [-0.15, -0.1) is 0 Å². The van der Waals surface area contributed by atoms with Crippen LogP contribution in [0.5, 0.6) is 11.5 Å². The van der Waals surface area contributed by atoms with E-state index < -0.39 is 0 Å². The molecule has 4 aromatic rings. The monoisotopic (exact) mass is 767 g/mol. The van der Waals surface area contributed by atoms with E-state index >= 15 is 0 Å². The van der Waals surface area contributed by atoms with Crippen molar-refractivity contribution in [1.29, 1.82) is 0 Å². The second-order valence-corrected chi connectivity index (χ2v) is 15.1. The standard InChI is InChI=1S/C43H57N7O6/c1-48-29-37(35-28-45-47-42(35)43(48)54)30-23-40(55-2)36(41(24-30)56-3)27-44-26-34(52)11-9-7-5-4-6-8-10-18-49-19-21-50(22-20-49)32-14-12-31(13-15-32)46-38-17-16-33(51)25-39(38)53/h12-15,23-24,28-29,38,44,46H,4-11,16-22,25-27H2,1-3H3,(H,45,47). The number of aromatic amines is 1. The van der Waals surface area contributed by atoms with Crippen LogP contribution >= 0.6 is 0 Å². The second-order valence-electron chi connectivity index (χ2n) is 15.1. The van der Waals surface area contributed by atoms with E-state index in [-0.39, 0.29) is 41.9 Å². The Morgan fingerprint density at radius 3 is 2.27 bits per heavy atom. The number of aryl methyl sites for hydroxylation is 1. The van der Waals surface area contributed by atoms with Crippen LogP contribution in [0.1, 0.15) is 76.2 Å². The molecule has 1 aliphatic heterocycles. The van der Waals surface area contributed by atoms with Crippen LogP contribution in [0.25, 0.3) is 22.0 Å². The van der Waals surface area contributed by atoms with Gasteiger partial charge in [0.1, 0.15) is 28.6 Å². The van der Waals surface area contributed by atoms with Gasteiger partial charge in [-0.2, -0.15) is 5.10 Å². The van der Waals surface area contributed by atoms with E-state index in [9.17, 15) is 19.2 Å². The number of H-pyrrole nitrogens is 1. The average Bonchev–Trinajstić information content (AvgIpc) is 3.71. The number of carbonyl (C=O) groups is 3. The lowest BCUT2D eigenvalue weighted by Crippen LogP contribution is -2.46. The number of hydrogen-bond donors (Lipinski definition) is 3. The summed E-state index contributed by atoms with van der Waals surface area (Å²) in [5.41, 5.74) is 4.92. The van der Waals surface area contributed by atoms with Crippen molar-refractivity contribution in [3.8, 4) is 22.6 Å². The number of rotatable bonds is 20. The van der Waals surface area contributed by atoms with Crippen LogP contribution in [0.4, 0.5) is 11.4 Å². The molecule has 2 fully saturated rings. The third-order valence-corrected chi connectivity index (χ3v) is 11.2. The fraction of sp³-hybridized carbons (Fsp3) is 0.512. The average molecular weight is 768 g/mol. The summed E-state index contributed by atoms with van der Waals surface area (Å²) in [5.74, 6) is 1.51. The van der Waals surface area contributed by atoms with Gasteiger partial charge in [0.25, 0.3) is 5.56 Å².